The van der Waals surface area contributed by atoms with E-state index in [0.717, 1.165) is 12.4 Å². The Balaban J connectivity index is 2.56. The van der Waals surface area contributed by atoms with E-state index in [2.05, 4.69) is 9.97 Å². The van der Waals surface area contributed by atoms with Crippen LogP contribution in [0.1, 0.15) is 5.56 Å². The van der Waals surface area contributed by atoms with Gasteiger partial charge in [0, 0.05) is 5.56 Å². The van der Waals surface area contributed by atoms with E-state index in [4.69, 9.17) is 5.73 Å². The highest BCUT2D eigenvalue weighted by molar-refractivity contribution is 5.65. The maximum absolute atomic E-state index is 13.1. The van der Waals surface area contributed by atoms with Gasteiger partial charge in [-0.25, -0.2) is 18.7 Å². The van der Waals surface area contributed by atoms with Crippen LogP contribution in [0.25, 0.3) is 11.4 Å². The van der Waals surface area contributed by atoms with Crippen molar-refractivity contribution in [1.29, 1.82) is 0 Å². The predicted octanol–water partition coefficient (Wildman–Crippen LogP) is 2.31. The third kappa shape index (κ3) is 1.84. The van der Waals surface area contributed by atoms with Crippen LogP contribution < -0.4 is 5.73 Å². The molecule has 0 amide bonds. The van der Waals surface area contributed by atoms with Gasteiger partial charge in [-0.2, -0.15) is 0 Å². The van der Waals surface area contributed by atoms with Crippen molar-refractivity contribution in [3.05, 3.63) is 41.7 Å². The van der Waals surface area contributed by atoms with Gasteiger partial charge in [0.2, 0.25) is 0 Å². The summed E-state index contributed by atoms with van der Waals surface area (Å²) in [6, 6.07) is 2.75. The molecule has 0 aliphatic rings. The summed E-state index contributed by atoms with van der Waals surface area (Å²) in [5.74, 6) is -0.676. The molecule has 16 heavy (non-hydrogen) atoms. The Hall–Kier alpha value is -2.04. The average Bonchev–Trinajstić information content (AvgIpc) is 2.25. The molecule has 0 bridgehead atoms. The number of rotatable bonds is 1. The topological polar surface area (TPSA) is 51.8 Å². The van der Waals surface area contributed by atoms with Gasteiger partial charge in [-0.15, -0.1) is 0 Å². The van der Waals surface area contributed by atoms with E-state index in [-0.39, 0.29) is 5.69 Å². The maximum atomic E-state index is 13.1. The maximum Gasteiger partial charge on any atom is 0.159 e. The largest absolute Gasteiger partial charge is 0.396 e. The van der Waals surface area contributed by atoms with Gasteiger partial charge in [0.1, 0.15) is 5.82 Å². The number of nitrogens with zero attached hydrogens (tertiary/aromatic N) is 2. The lowest BCUT2D eigenvalue weighted by atomic mass is 10.1. The van der Waals surface area contributed by atoms with Crippen LogP contribution in [0, 0.1) is 18.6 Å². The molecule has 2 rings (SSSR count). The van der Waals surface area contributed by atoms with E-state index in [1.807, 2.05) is 0 Å². The van der Waals surface area contributed by atoms with Crippen LogP contribution in [0.5, 0.6) is 0 Å². The molecule has 0 atom stereocenters. The fourth-order valence-corrected chi connectivity index (χ4v) is 1.38. The monoisotopic (exact) mass is 221 g/mol. The Labute approximate surface area is 91.0 Å². The Morgan fingerprint density at radius 3 is 2.38 bits per heavy atom. The molecule has 0 aliphatic carbocycles. The van der Waals surface area contributed by atoms with Crippen molar-refractivity contribution in [3.8, 4) is 11.4 Å². The van der Waals surface area contributed by atoms with Crippen LogP contribution in [-0.2, 0) is 0 Å². The van der Waals surface area contributed by atoms with E-state index in [1.165, 1.54) is 12.1 Å². The van der Waals surface area contributed by atoms with Crippen LogP contribution in [0.4, 0.5) is 14.5 Å². The summed E-state index contributed by atoms with van der Waals surface area (Å²) in [5.41, 5.74) is 6.72. The van der Waals surface area contributed by atoms with E-state index in [9.17, 15) is 8.78 Å². The number of hydrogen-bond donors (Lipinski definition) is 1. The van der Waals surface area contributed by atoms with Crippen molar-refractivity contribution in [2.24, 2.45) is 0 Å². The fraction of sp³-hybridized carbons (Fsp3) is 0.0909. The van der Waals surface area contributed by atoms with E-state index in [1.54, 1.807) is 6.92 Å². The number of aromatic nitrogens is 2. The zero-order valence-corrected chi connectivity index (χ0v) is 8.54. The highest BCUT2D eigenvalue weighted by Gasteiger charge is 2.09. The minimum atomic E-state index is -0.517. The van der Waals surface area contributed by atoms with Crippen molar-refractivity contribution >= 4 is 5.69 Å². The van der Waals surface area contributed by atoms with E-state index in [0.29, 0.717) is 17.0 Å². The summed E-state index contributed by atoms with van der Waals surface area (Å²) in [6.45, 7) is 1.71. The second kappa shape index (κ2) is 3.84. The van der Waals surface area contributed by atoms with Gasteiger partial charge in [0.15, 0.2) is 11.6 Å². The average molecular weight is 221 g/mol. The van der Waals surface area contributed by atoms with Gasteiger partial charge < -0.3 is 5.73 Å². The normalized spacial score (nSPS) is 10.4. The molecule has 3 nitrogen and oxygen atoms in total. The molecule has 0 saturated carbocycles. The SMILES string of the molecule is Cc1cc(F)c(N)cc1-c1ncc(F)cn1. The van der Waals surface area contributed by atoms with Crippen molar-refractivity contribution in [2.45, 2.75) is 6.92 Å². The fourth-order valence-electron chi connectivity index (χ4n) is 1.38. The number of hydrogen-bond acceptors (Lipinski definition) is 3. The Kier molecular flexibility index (Phi) is 2.52. The second-order valence-corrected chi connectivity index (χ2v) is 3.41. The molecule has 1 heterocycles. The second-order valence-electron chi connectivity index (χ2n) is 3.41. The molecule has 1 aromatic heterocycles. The third-order valence-corrected chi connectivity index (χ3v) is 2.20. The van der Waals surface area contributed by atoms with Gasteiger partial charge in [0.25, 0.3) is 0 Å². The van der Waals surface area contributed by atoms with Gasteiger partial charge >= 0.3 is 0 Å². The number of aryl methyl sites for hydroxylation is 1. The summed E-state index contributed by atoms with van der Waals surface area (Å²) < 4.78 is 25.8. The Morgan fingerprint density at radius 2 is 1.75 bits per heavy atom. The van der Waals surface area contributed by atoms with Gasteiger partial charge in [-0.05, 0) is 24.6 Å². The zero-order valence-electron chi connectivity index (χ0n) is 8.54. The van der Waals surface area contributed by atoms with Crippen molar-refractivity contribution in [1.82, 2.24) is 9.97 Å². The summed E-state index contributed by atoms with van der Waals surface area (Å²) in [4.78, 5) is 7.63. The summed E-state index contributed by atoms with van der Waals surface area (Å²) in [6.07, 6.45) is 2.11. The van der Waals surface area contributed by atoms with Crippen LogP contribution >= 0.6 is 0 Å². The van der Waals surface area contributed by atoms with Crippen LogP contribution in [0.3, 0.4) is 0 Å². The number of nitrogen functional groups attached to an aromatic ring is 1. The Morgan fingerprint density at radius 1 is 1.12 bits per heavy atom. The van der Waals surface area contributed by atoms with Crippen molar-refractivity contribution in [3.63, 3.8) is 0 Å². The van der Waals surface area contributed by atoms with Crippen LogP contribution in [-0.4, -0.2) is 9.97 Å². The molecule has 2 aromatic rings. The van der Waals surface area contributed by atoms with Gasteiger partial charge in [0.05, 0.1) is 18.1 Å². The minimum Gasteiger partial charge on any atom is -0.396 e. The van der Waals surface area contributed by atoms with Crippen LogP contribution in [0.2, 0.25) is 0 Å². The van der Waals surface area contributed by atoms with Gasteiger partial charge in [-0.3, -0.25) is 0 Å². The molecule has 0 saturated heterocycles. The lowest BCUT2D eigenvalue weighted by Crippen LogP contribution is -1.97. The molecular formula is C11H9F2N3. The molecule has 0 unspecified atom stereocenters. The first-order chi connectivity index (χ1) is 7.58. The lowest BCUT2D eigenvalue weighted by Gasteiger charge is -2.06. The highest BCUT2D eigenvalue weighted by Crippen LogP contribution is 2.24. The summed E-state index contributed by atoms with van der Waals surface area (Å²) >= 11 is 0. The quantitative estimate of drug-likeness (QED) is 0.752. The number of benzene rings is 1. The van der Waals surface area contributed by atoms with Crippen molar-refractivity contribution in [2.75, 3.05) is 5.73 Å². The highest BCUT2D eigenvalue weighted by atomic mass is 19.1. The number of halogens is 2. The smallest absolute Gasteiger partial charge is 0.159 e. The lowest BCUT2D eigenvalue weighted by molar-refractivity contribution is 0.614. The van der Waals surface area contributed by atoms with Gasteiger partial charge in [-0.1, -0.05) is 0 Å². The zero-order chi connectivity index (χ0) is 11.7. The Bertz CT molecular complexity index is 523. The van der Waals surface area contributed by atoms with E-state index >= 15 is 0 Å². The molecule has 0 fully saturated rings. The number of anilines is 1. The van der Waals surface area contributed by atoms with E-state index < -0.39 is 11.6 Å². The molecular weight excluding hydrogens is 212 g/mol. The molecule has 0 aliphatic heterocycles. The molecule has 1 aromatic carbocycles. The first kappa shape index (κ1) is 10.5. The molecule has 2 N–H and O–H groups in total. The first-order valence-electron chi connectivity index (χ1n) is 4.61. The summed E-state index contributed by atoms with van der Waals surface area (Å²) in [7, 11) is 0. The molecule has 0 radical (unpaired) electrons. The number of nitrogens with two attached hydrogens (primary N) is 1. The molecule has 0 spiro atoms. The first-order valence-corrected chi connectivity index (χ1v) is 4.61. The third-order valence-electron chi connectivity index (χ3n) is 2.20. The standard InChI is InChI=1S/C11H9F2N3/c1-6-2-9(13)10(14)3-8(6)11-15-4-7(12)5-16-11/h2-5H,14H2,1H3. The summed E-state index contributed by atoms with van der Waals surface area (Å²) in [5, 5.41) is 0. The van der Waals surface area contributed by atoms with Crippen molar-refractivity contribution < 1.29 is 8.78 Å². The molecule has 82 valence electrons. The predicted molar refractivity (Wildman–Crippen MR) is 56.5 cm³/mol. The molecule has 5 heteroatoms. The minimum absolute atomic E-state index is 0.0218. The van der Waals surface area contributed by atoms with Crippen LogP contribution in [0.15, 0.2) is 24.5 Å².